The van der Waals surface area contributed by atoms with Gasteiger partial charge in [0.1, 0.15) is 0 Å². The summed E-state index contributed by atoms with van der Waals surface area (Å²) in [6.45, 7) is 3.75. The number of nitrogens with zero attached hydrogens (tertiary/aromatic N) is 2. The van der Waals surface area contributed by atoms with Gasteiger partial charge in [-0.05, 0) is 30.2 Å². The van der Waals surface area contributed by atoms with Crippen molar-refractivity contribution in [1.29, 1.82) is 0 Å². The van der Waals surface area contributed by atoms with Gasteiger partial charge in [-0.15, -0.1) is 0 Å². The molecule has 6 heteroatoms. The number of hydrogen-bond donors (Lipinski definition) is 1. The van der Waals surface area contributed by atoms with E-state index in [1.54, 1.807) is 12.1 Å². The first-order chi connectivity index (χ1) is 10.1. The topological polar surface area (TPSA) is 69.3 Å². The number of nitro benzene ring substituents is 1. The van der Waals surface area contributed by atoms with Crippen LogP contribution in [0.4, 0.5) is 11.4 Å². The summed E-state index contributed by atoms with van der Waals surface area (Å²) in [5.41, 5.74) is 1.80. The van der Waals surface area contributed by atoms with Crippen LogP contribution in [0.5, 0.6) is 5.75 Å². The summed E-state index contributed by atoms with van der Waals surface area (Å²) in [5, 5.41) is 14.2. The molecule has 0 bridgehead atoms. The summed E-state index contributed by atoms with van der Waals surface area (Å²) in [4.78, 5) is 10.5. The highest BCUT2D eigenvalue weighted by molar-refractivity contribution is 5.58. The molecular formula is C15H19N3O3. The zero-order valence-electron chi connectivity index (χ0n) is 12.2. The summed E-state index contributed by atoms with van der Waals surface area (Å²) < 4.78 is 7.11. The van der Waals surface area contributed by atoms with Crippen molar-refractivity contribution in [3.8, 4) is 5.75 Å². The third-order valence-corrected chi connectivity index (χ3v) is 3.17. The molecule has 1 N–H and O–H groups in total. The predicted octanol–water partition coefficient (Wildman–Crippen LogP) is 3.43. The average Bonchev–Trinajstić information content (AvgIpc) is 2.93. The number of nitrogens with one attached hydrogen (secondary N) is 1. The molecule has 1 aromatic heterocycles. The molecule has 0 saturated heterocycles. The number of methoxy groups -OCH3 is 1. The fourth-order valence-corrected chi connectivity index (χ4v) is 2.14. The Morgan fingerprint density at radius 3 is 2.86 bits per heavy atom. The van der Waals surface area contributed by atoms with Crippen molar-refractivity contribution in [3.05, 3.63) is 52.3 Å². The molecule has 1 aromatic carbocycles. The molecule has 6 nitrogen and oxygen atoms in total. The Morgan fingerprint density at radius 2 is 2.19 bits per heavy atom. The third kappa shape index (κ3) is 3.75. The minimum Gasteiger partial charge on any atom is -0.490 e. The molecular weight excluding hydrogens is 270 g/mol. The summed E-state index contributed by atoms with van der Waals surface area (Å²) in [6, 6.07) is 6.90. The zero-order chi connectivity index (χ0) is 15.2. The van der Waals surface area contributed by atoms with Crippen LogP contribution in [0.15, 0.2) is 36.7 Å². The molecule has 0 spiro atoms. The van der Waals surface area contributed by atoms with Crippen LogP contribution in [0.2, 0.25) is 0 Å². The van der Waals surface area contributed by atoms with Crippen LogP contribution in [0.1, 0.15) is 18.9 Å². The number of aryl methyl sites for hydroxylation is 1. The Bertz CT molecular complexity index is 622. The second-order valence-corrected chi connectivity index (χ2v) is 4.75. The van der Waals surface area contributed by atoms with Gasteiger partial charge < -0.3 is 14.6 Å². The number of rotatable bonds is 7. The maximum absolute atomic E-state index is 11.0. The van der Waals surface area contributed by atoms with Crippen LogP contribution in [-0.2, 0) is 13.1 Å². The molecule has 0 amide bonds. The van der Waals surface area contributed by atoms with E-state index in [2.05, 4.69) is 23.0 Å². The molecule has 0 aliphatic carbocycles. The van der Waals surface area contributed by atoms with Crippen molar-refractivity contribution in [1.82, 2.24) is 4.57 Å². The first-order valence-corrected chi connectivity index (χ1v) is 6.85. The predicted molar refractivity (Wildman–Crippen MR) is 81.7 cm³/mol. The molecule has 0 saturated carbocycles. The SMILES string of the molecule is CCCn1ccc(CNc2ccc(OC)c([N+](=O)[O-])c2)c1. The maximum Gasteiger partial charge on any atom is 0.312 e. The fourth-order valence-electron chi connectivity index (χ4n) is 2.14. The molecule has 2 rings (SSSR count). The van der Waals surface area contributed by atoms with E-state index in [0.717, 1.165) is 18.5 Å². The van der Waals surface area contributed by atoms with Crippen molar-refractivity contribution < 1.29 is 9.66 Å². The highest BCUT2D eigenvalue weighted by Crippen LogP contribution is 2.29. The van der Waals surface area contributed by atoms with Crippen molar-refractivity contribution in [2.45, 2.75) is 26.4 Å². The van der Waals surface area contributed by atoms with Crippen molar-refractivity contribution >= 4 is 11.4 Å². The molecule has 0 aliphatic heterocycles. The summed E-state index contributed by atoms with van der Waals surface area (Å²) in [7, 11) is 1.42. The molecule has 0 fully saturated rings. The lowest BCUT2D eigenvalue weighted by atomic mass is 10.2. The zero-order valence-corrected chi connectivity index (χ0v) is 12.2. The molecule has 2 aromatic rings. The maximum atomic E-state index is 11.0. The number of aromatic nitrogens is 1. The Kier molecular flexibility index (Phi) is 4.81. The van der Waals surface area contributed by atoms with Gasteiger partial charge in [-0.3, -0.25) is 10.1 Å². The van der Waals surface area contributed by atoms with Crippen molar-refractivity contribution in [2.75, 3.05) is 12.4 Å². The number of hydrogen-bond acceptors (Lipinski definition) is 4. The van der Waals surface area contributed by atoms with Gasteiger partial charge in [0.15, 0.2) is 5.75 Å². The number of anilines is 1. The smallest absolute Gasteiger partial charge is 0.312 e. The van der Waals surface area contributed by atoms with Crippen LogP contribution < -0.4 is 10.1 Å². The van der Waals surface area contributed by atoms with Gasteiger partial charge in [0, 0.05) is 37.2 Å². The van der Waals surface area contributed by atoms with E-state index in [-0.39, 0.29) is 11.4 Å². The molecule has 0 atom stereocenters. The number of benzene rings is 1. The van der Waals surface area contributed by atoms with E-state index < -0.39 is 4.92 Å². The van der Waals surface area contributed by atoms with Gasteiger partial charge >= 0.3 is 5.69 Å². The van der Waals surface area contributed by atoms with E-state index in [9.17, 15) is 10.1 Å². The molecule has 1 heterocycles. The van der Waals surface area contributed by atoms with Crippen LogP contribution in [0.25, 0.3) is 0 Å². The van der Waals surface area contributed by atoms with Crippen LogP contribution in [0, 0.1) is 10.1 Å². The molecule has 112 valence electrons. The Labute approximate surface area is 123 Å². The van der Waals surface area contributed by atoms with Crippen LogP contribution >= 0.6 is 0 Å². The second-order valence-electron chi connectivity index (χ2n) is 4.75. The Hall–Kier alpha value is -2.50. The third-order valence-electron chi connectivity index (χ3n) is 3.17. The molecule has 0 unspecified atom stereocenters. The summed E-state index contributed by atoms with van der Waals surface area (Å²) >= 11 is 0. The monoisotopic (exact) mass is 289 g/mol. The lowest BCUT2D eigenvalue weighted by molar-refractivity contribution is -0.385. The minimum atomic E-state index is -0.443. The van der Waals surface area contributed by atoms with Gasteiger partial charge in [0.2, 0.25) is 0 Å². The van der Waals surface area contributed by atoms with Crippen molar-refractivity contribution in [2.24, 2.45) is 0 Å². The van der Waals surface area contributed by atoms with Gasteiger partial charge in [0.05, 0.1) is 12.0 Å². The van der Waals surface area contributed by atoms with E-state index in [4.69, 9.17) is 4.74 Å². The largest absolute Gasteiger partial charge is 0.490 e. The van der Waals surface area contributed by atoms with E-state index in [0.29, 0.717) is 12.2 Å². The normalized spacial score (nSPS) is 10.4. The average molecular weight is 289 g/mol. The highest BCUT2D eigenvalue weighted by atomic mass is 16.6. The lowest BCUT2D eigenvalue weighted by Crippen LogP contribution is -2.01. The second kappa shape index (κ2) is 6.78. The van der Waals surface area contributed by atoms with E-state index in [1.807, 2.05) is 12.3 Å². The summed E-state index contributed by atoms with van der Waals surface area (Å²) in [6.07, 6.45) is 5.21. The fraction of sp³-hybridized carbons (Fsp3) is 0.333. The summed E-state index contributed by atoms with van der Waals surface area (Å²) in [5.74, 6) is 0.264. The standard InChI is InChI=1S/C15H19N3O3/c1-3-7-17-8-6-12(11-17)10-16-13-4-5-15(21-2)14(9-13)18(19)20/h4-6,8-9,11,16H,3,7,10H2,1-2H3. The first-order valence-electron chi connectivity index (χ1n) is 6.85. The minimum absolute atomic E-state index is 0.0361. The van der Waals surface area contributed by atoms with Crippen molar-refractivity contribution in [3.63, 3.8) is 0 Å². The van der Waals surface area contributed by atoms with Crippen LogP contribution in [-0.4, -0.2) is 16.6 Å². The lowest BCUT2D eigenvalue weighted by Gasteiger charge is -2.07. The first kappa shape index (κ1) is 14.9. The van der Waals surface area contributed by atoms with Gasteiger partial charge in [-0.2, -0.15) is 0 Å². The highest BCUT2D eigenvalue weighted by Gasteiger charge is 2.14. The van der Waals surface area contributed by atoms with E-state index in [1.165, 1.54) is 13.2 Å². The molecule has 21 heavy (non-hydrogen) atoms. The van der Waals surface area contributed by atoms with Gasteiger partial charge in [0.25, 0.3) is 0 Å². The van der Waals surface area contributed by atoms with Crippen LogP contribution in [0.3, 0.4) is 0 Å². The molecule has 0 aliphatic rings. The number of ether oxygens (including phenoxy) is 1. The quantitative estimate of drug-likeness (QED) is 0.626. The van der Waals surface area contributed by atoms with Gasteiger partial charge in [-0.25, -0.2) is 0 Å². The Morgan fingerprint density at radius 1 is 1.38 bits per heavy atom. The molecule has 0 radical (unpaired) electrons. The van der Waals surface area contributed by atoms with Gasteiger partial charge in [-0.1, -0.05) is 6.92 Å². The van der Waals surface area contributed by atoms with E-state index >= 15 is 0 Å². The Balaban J connectivity index is 2.05. The number of nitro groups is 1.